The minimum absolute atomic E-state index is 0.0937. The number of hydrogen-bond donors (Lipinski definition) is 0. The predicted molar refractivity (Wildman–Crippen MR) is 116 cm³/mol. The van der Waals surface area contributed by atoms with Gasteiger partial charge in [0.25, 0.3) is 5.91 Å². The minimum atomic E-state index is -0.226. The average molecular weight is 411 g/mol. The van der Waals surface area contributed by atoms with Gasteiger partial charge in [-0.3, -0.25) is 4.79 Å². The first-order valence-electron chi connectivity index (χ1n) is 10.4. The molecule has 3 heterocycles. The molecule has 3 aromatic rings. The second-order valence-corrected chi connectivity index (χ2v) is 10.9. The van der Waals surface area contributed by atoms with Crippen molar-refractivity contribution in [1.82, 2.24) is 9.47 Å². The van der Waals surface area contributed by atoms with Crippen molar-refractivity contribution in [2.45, 2.75) is 52.6 Å². The Morgan fingerprint density at radius 1 is 1.21 bits per heavy atom. The summed E-state index contributed by atoms with van der Waals surface area (Å²) in [7, 11) is 0. The highest BCUT2D eigenvalue weighted by Gasteiger charge is 2.51. The molecular weight excluding hydrogens is 383 g/mol. The summed E-state index contributed by atoms with van der Waals surface area (Å²) < 4.78 is 16.4. The summed E-state index contributed by atoms with van der Waals surface area (Å²) in [6, 6.07) is 11.2. The second kappa shape index (κ2) is 6.43. The van der Waals surface area contributed by atoms with Crippen molar-refractivity contribution in [1.29, 1.82) is 0 Å². The van der Waals surface area contributed by atoms with Crippen molar-refractivity contribution in [3.05, 3.63) is 58.9 Å². The van der Waals surface area contributed by atoms with Crippen LogP contribution in [0.2, 0.25) is 0 Å². The summed E-state index contributed by atoms with van der Waals surface area (Å²) in [4.78, 5) is 16.9. The normalized spacial score (nSPS) is 25.7. The number of benzene rings is 1. The van der Waals surface area contributed by atoms with Gasteiger partial charge in [-0.1, -0.05) is 39.0 Å². The molecule has 5 heteroatoms. The number of carbonyl (C=O) groups is 1. The Balaban J connectivity index is 1.53. The van der Waals surface area contributed by atoms with Gasteiger partial charge in [-0.15, -0.1) is 11.3 Å². The molecule has 0 spiro atoms. The lowest BCUT2D eigenvalue weighted by molar-refractivity contribution is 0.0698. The summed E-state index contributed by atoms with van der Waals surface area (Å²) in [6.07, 6.45) is 3.30. The van der Waals surface area contributed by atoms with Crippen LogP contribution in [-0.4, -0.2) is 28.0 Å². The molecule has 1 aromatic carbocycles. The van der Waals surface area contributed by atoms with Gasteiger partial charge in [0.15, 0.2) is 0 Å². The van der Waals surface area contributed by atoms with E-state index >= 15 is 0 Å². The lowest BCUT2D eigenvalue weighted by atomic mass is 9.65. The van der Waals surface area contributed by atoms with E-state index in [1.165, 1.54) is 6.07 Å². The third kappa shape index (κ3) is 3.20. The van der Waals surface area contributed by atoms with Crippen LogP contribution in [0.1, 0.15) is 56.1 Å². The highest BCUT2D eigenvalue weighted by atomic mass is 32.1. The summed E-state index contributed by atoms with van der Waals surface area (Å²) in [6.45, 7) is 8.16. The first-order valence-corrected chi connectivity index (χ1v) is 11.2. The van der Waals surface area contributed by atoms with E-state index < -0.39 is 0 Å². The molecule has 29 heavy (non-hydrogen) atoms. The van der Waals surface area contributed by atoms with Gasteiger partial charge in [-0.05, 0) is 53.7 Å². The number of carbonyl (C=O) groups excluding carboxylic acids is 1. The van der Waals surface area contributed by atoms with E-state index in [2.05, 4.69) is 25.7 Å². The van der Waals surface area contributed by atoms with Crippen molar-refractivity contribution < 1.29 is 9.18 Å². The molecule has 1 amide bonds. The molecule has 2 aliphatic rings. The molecule has 0 N–H and O–H groups in total. The fourth-order valence-corrected chi connectivity index (χ4v) is 6.85. The largest absolute Gasteiger partial charge is 0.334 e. The monoisotopic (exact) mass is 410 g/mol. The number of nitrogens with zero attached hydrogens (tertiary/aromatic N) is 2. The Morgan fingerprint density at radius 2 is 2.00 bits per heavy atom. The van der Waals surface area contributed by atoms with E-state index in [4.69, 9.17) is 0 Å². The summed E-state index contributed by atoms with van der Waals surface area (Å²) in [5.74, 6) is -0.133. The van der Waals surface area contributed by atoms with Gasteiger partial charge < -0.3 is 9.47 Å². The maximum absolute atomic E-state index is 14.3. The van der Waals surface area contributed by atoms with Crippen LogP contribution in [-0.2, 0) is 6.54 Å². The maximum atomic E-state index is 14.3. The molecule has 1 aliphatic carbocycles. The van der Waals surface area contributed by atoms with Gasteiger partial charge in [0.1, 0.15) is 16.3 Å². The van der Waals surface area contributed by atoms with Crippen LogP contribution in [0.25, 0.3) is 10.2 Å². The Bertz CT molecular complexity index is 1100. The Kier molecular flexibility index (Phi) is 4.18. The van der Waals surface area contributed by atoms with Crippen molar-refractivity contribution in [2.75, 3.05) is 6.54 Å². The molecule has 1 saturated heterocycles. The molecular formula is C24H27FN2OS. The molecule has 152 valence electrons. The number of likely N-dealkylation sites (tertiary alicyclic amines) is 1. The average Bonchev–Trinajstić information content (AvgIpc) is 3.28. The predicted octanol–water partition coefficient (Wildman–Crippen LogP) is 5.93. The lowest BCUT2D eigenvalue weighted by Crippen LogP contribution is -2.38. The quantitative estimate of drug-likeness (QED) is 0.525. The number of amides is 1. The van der Waals surface area contributed by atoms with Crippen LogP contribution < -0.4 is 0 Å². The van der Waals surface area contributed by atoms with Crippen molar-refractivity contribution in [2.24, 2.45) is 10.8 Å². The van der Waals surface area contributed by atoms with E-state index in [0.717, 1.165) is 36.0 Å². The SMILES string of the molecule is CC1(C)C[C@H]2C[C@](C)(CN2C(=O)c2cc3ccsc3n2Cc2ccccc2F)C1. The van der Waals surface area contributed by atoms with E-state index in [-0.39, 0.29) is 22.6 Å². The van der Waals surface area contributed by atoms with Gasteiger partial charge in [-0.25, -0.2) is 4.39 Å². The van der Waals surface area contributed by atoms with Crippen LogP contribution in [0, 0.1) is 16.6 Å². The van der Waals surface area contributed by atoms with Gasteiger partial charge in [-0.2, -0.15) is 0 Å². The zero-order chi connectivity index (χ0) is 20.4. The van der Waals surface area contributed by atoms with Gasteiger partial charge in [0.2, 0.25) is 0 Å². The van der Waals surface area contributed by atoms with Crippen molar-refractivity contribution >= 4 is 27.5 Å². The van der Waals surface area contributed by atoms with Crippen LogP contribution in [0.3, 0.4) is 0 Å². The number of halogens is 1. The van der Waals surface area contributed by atoms with E-state index in [0.29, 0.717) is 23.8 Å². The molecule has 2 bridgehead atoms. The van der Waals surface area contributed by atoms with E-state index in [1.54, 1.807) is 23.5 Å². The molecule has 2 fully saturated rings. The number of fused-ring (bicyclic) bond motifs is 3. The smallest absolute Gasteiger partial charge is 0.270 e. The Hall–Kier alpha value is -2.14. The van der Waals surface area contributed by atoms with Crippen molar-refractivity contribution in [3.63, 3.8) is 0 Å². The molecule has 3 nitrogen and oxygen atoms in total. The summed E-state index contributed by atoms with van der Waals surface area (Å²) in [5.41, 5.74) is 1.76. The maximum Gasteiger partial charge on any atom is 0.270 e. The van der Waals surface area contributed by atoms with Crippen molar-refractivity contribution in [3.8, 4) is 0 Å². The lowest BCUT2D eigenvalue weighted by Gasteiger charge is -2.39. The third-order valence-corrected chi connectivity index (χ3v) is 7.63. The third-order valence-electron chi connectivity index (χ3n) is 6.68. The first kappa shape index (κ1) is 18.9. The number of rotatable bonds is 3. The van der Waals surface area contributed by atoms with Crippen LogP contribution in [0.5, 0.6) is 0 Å². The van der Waals surface area contributed by atoms with E-state index in [1.807, 2.05) is 28.1 Å². The molecule has 2 atom stereocenters. The van der Waals surface area contributed by atoms with Gasteiger partial charge in [0, 0.05) is 23.5 Å². The summed E-state index contributed by atoms with van der Waals surface area (Å²) >= 11 is 1.61. The highest BCUT2D eigenvalue weighted by Crippen LogP contribution is 2.52. The standard InChI is InChI=1S/C24H27FN2OS/c1-23(2)11-18-12-24(3,14-23)15-27(18)21(28)20-10-16-8-9-29-22(16)26(20)13-17-6-4-5-7-19(17)25/h4-10,18H,11-15H2,1-3H3/t18-,24-/m0/s1. The van der Waals surface area contributed by atoms with Gasteiger partial charge in [0.05, 0.1) is 6.54 Å². The number of aromatic nitrogens is 1. The first-order chi connectivity index (χ1) is 13.7. The number of hydrogen-bond acceptors (Lipinski definition) is 2. The molecule has 2 aromatic heterocycles. The Morgan fingerprint density at radius 3 is 2.79 bits per heavy atom. The second-order valence-electron chi connectivity index (χ2n) is 10.0. The van der Waals surface area contributed by atoms with E-state index in [9.17, 15) is 9.18 Å². The Labute approximate surface area is 175 Å². The summed E-state index contributed by atoms with van der Waals surface area (Å²) in [5, 5.41) is 3.09. The fraction of sp³-hybridized carbons (Fsp3) is 0.458. The van der Waals surface area contributed by atoms with Crippen LogP contribution in [0.4, 0.5) is 4.39 Å². The molecule has 0 radical (unpaired) electrons. The molecule has 0 unspecified atom stereocenters. The number of thiophene rings is 1. The molecule has 1 aliphatic heterocycles. The van der Waals surface area contributed by atoms with Crippen LogP contribution >= 0.6 is 11.3 Å². The zero-order valence-corrected chi connectivity index (χ0v) is 18.1. The topological polar surface area (TPSA) is 25.2 Å². The highest BCUT2D eigenvalue weighted by molar-refractivity contribution is 7.16. The zero-order valence-electron chi connectivity index (χ0n) is 17.2. The fourth-order valence-electron chi connectivity index (χ4n) is 5.95. The van der Waals surface area contributed by atoms with Gasteiger partial charge >= 0.3 is 0 Å². The molecule has 1 saturated carbocycles. The minimum Gasteiger partial charge on any atom is -0.334 e. The molecule has 5 rings (SSSR count). The van der Waals surface area contributed by atoms with Crippen LogP contribution in [0.15, 0.2) is 41.8 Å².